The Labute approximate surface area is 212 Å². The van der Waals surface area contributed by atoms with Crippen LogP contribution in [0.4, 0.5) is 0 Å². The molecule has 1 aliphatic carbocycles. The molecule has 4 aromatic rings. The number of hydrogen-bond acceptors (Lipinski definition) is 6. The van der Waals surface area contributed by atoms with Crippen molar-refractivity contribution in [3.8, 4) is 22.2 Å². The number of rotatable bonds is 8. The van der Waals surface area contributed by atoms with E-state index in [0.29, 0.717) is 19.6 Å². The zero-order chi connectivity index (χ0) is 23.8. The van der Waals surface area contributed by atoms with Crippen molar-refractivity contribution >= 4 is 33.0 Å². The molecule has 1 unspecified atom stereocenters. The largest absolute Gasteiger partial charge is 0.513 e. The lowest BCUT2D eigenvalue weighted by Crippen LogP contribution is -2.02. The number of thiophene rings is 2. The van der Waals surface area contributed by atoms with Crippen LogP contribution in [0, 0.1) is 0 Å². The van der Waals surface area contributed by atoms with E-state index in [9.17, 15) is 5.11 Å². The number of allylic oxidation sites excluding steroid dienone is 5. The van der Waals surface area contributed by atoms with Crippen LogP contribution in [0.2, 0.25) is 0 Å². The van der Waals surface area contributed by atoms with Gasteiger partial charge < -0.3 is 19.1 Å². The smallest absolute Gasteiger partial charge is 0.152 e. The number of fused-ring (bicyclic) bond motifs is 2. The molecular weight excluding hydrogens is 476 g/mol. The Morgan fingerprint density at radius 3 is 3.00 bits per heavy atom. The van der Waals surface area contributed by atoms with Crippen molar-refractivity contribution in [2.75, 3.05) is 6.61 Å². The SMILES string of the molecule is C=C(O)CC1COc2cc(OCc3cc4nc(-c5cccs5)n(CC5=CCCC=C5)c4s3)ccc21. The molecule has 5 nitrogen and oxygen atoms in total. The van der Waals surface area contributed by atoms with Gasteiger partial charge in [-0.3, -0.25) is 0 Å². The fourth-order valence-corrected chi connectivity index (χ4v) is 6.43. The zero-order valence-electron chi connectivity index (χ0n) is 19.3. The van der Waals surface area contributed by atoms with E-state index in [-0.39, 0.29) is 11.7 Å². The molecule has 0 fully saturated rings. The van der Waals surface area contributed by atoms with Crippen LogP contribution < -0.4 is 9.47 Å². The van der Waals surface area contributed by atoms with Crippen LogP contribution in [0.25, 0.3) is 21.0 Å². The molecule has 1 aromatic carbocycles. The monoisotopic (exact) mass is 502 g/mol. The van der Waals surface area contributed by atoms with E-state index >= 15 is 0 Å². The standard InChI is InChI=1S/C28H26N2O3S2/c1-18(31)12-20-16-33-25-13-21(9-10-23(20)25)32-17-22-14-24-28(35-22)30(15-19-6-3-2-4-7-19)27(29-24)26-8-5-11-34-26/h3,5-11,13-14,20,31H,1-2,4,12,15-17H2. The van der Waals surface area contributed by atoms with Crippen molar-refractivity contribution in [3.63, 3.8) is 0 Å². The number of aromatic nitrogens is 2. The van der Waals surface area contributed by atoms with Gasteiger partial charge in [0.2, 0.25) is 0 Å². The summed E-state index contributed by atoms with van der Waals surface area (Å²) in [4.78, 5) is 8.51. The maximum Gasteiger partial charge on any atom is 0.152 e. The van der Waals surface area contributed by atoms with Gasteiger partial charge in [0.15, 0.2) is 5.82 Å². The molecule has 1 N–H and O–H groups in total. The second-order valence-corrected chi connectivity index (χ2v) is 11.0. The van der Waals surface area contributed by atoms with Gasteiger partial charge in [-0.2, -0.15) is 0 Å². The van der Waals surface area contributed by atoms with E-state index in [1.165, 1.54) is 15.3 Å². The molecular formula is C28H26N2O3S2. The van der Waals surface area contributed by atoms with Crippen molar-refractivity contribution in [2.45, 2.75) is 38.3 Å². The van der Waals surface area contributed by atoms with Crippen molar-refractivity contribution in [1.29, 1.82) is 0 Å². The van der Waals surface area contributed by atoms with Gasteiger partial charge in [0.05, 0.1) is 23.8 Å². The highest BCUT2D eigenvalue weighted by atomic mass is 32.1. The first kappa shape index (κ1) is 22.2. The zero-order valence-corrected chi connectivity index (χ0v) is 20.9. The van der Waals surface area contributed by atoms with Crippen LogP contribution in [0.15, 0.2) is 77.9 Å². The van der Waals surface area contributed by atoms with Gasteiger partial charge in [0.1, 0.15) is 28.5 Å². The van der Waals surface area contributed by atoms with E-state index in [1.54, 1.807) is 22.7 Å². The first-order valence-corrected chi connectivity index (χ1v) is 13.5. The molecule has 0 amide bonds. The Morgan fingerprint density at radius 2 is 2.20 bits per heavy atom. The molecule has 3 aromatic heterocycles. The van der Waals surface area contributed by atoms with E-state index in [0.717, 1.165) is 52.7 Å². The molecule has 178 valence electrons. The lowest BCUT2D eigenvalue weighted by Gasteiger charge is -2.11. The number of nitrogens with zero attached hydrogens (tertiary/aromatic N) is 2. The van der Waals surface area contributed by atoms with E-state index in [1.807, 2.05) is 18.2 Å². The topological polar surface area (TPSA) is 56.5 Å². The third-order valence-electron chi connectivity index (χ3n) is 6.35. The molecule has 7 heteroatoms. The highest BCUT2D eigenvalue weighted by molar-refractivity contribution is 7.18. The molecule has 0 bridgehead atoms. The number of ether oxygens (including phenoxy) is 2. The fraction of sp³-hybridized carbons (Fsp3) is 0.250. The average Bonchev–Trinajstić information content (AvgIpc) is 3.64. The normalized spacial score (nSPS) is 16.8. The van der Waals surface area contributed by atoms with E-state index < -0.39 is 0 Å². The van der Waals surface area contributed by atoms with Crippen LogP contribution >= 0.6 is 22.7 Å². The van der Waals surface area contributed by atoms with E-state index in [2.05, 4.69) is 53.0 Å². The summed E-state index contributed by atoms with van der Waals surface area (Å²) in [5.74, 6) is 2.97. The first-order chi connectivity index (χ1) is 17.1. The number of aliphatic hydroxyl groups excluding tert-OH is 1. The van der Waals surface area contributed by atoms with Crippen molar-refractivity contribution in [2.24, 2.45) is 0 Å². The molecule has 2 aliphatic rings. The number of aliphatic hydroxyl groups is 1. The lowest BCUT2D eigenvalue weighted by atomic mass is 9.97. The molecule has 0 saturated heterocycles. The van der Waals surface area contributed by atoms with Gasteiger partial charge in [-0.25, -0.2) is 4.98 Å². The van der Waals surface area contributed by atoms with Crippen molar-refractivity contribution in [1.82, 2.24) is 9.55 Å². The summed E-state index contributed by atoms with van der Waals surface area (Å²) in [5, 5.41) is 11.6. The summed E-state index contributed by atoms with van der Waals surface area (Å²) in [5.41, 5.74) is 3.45. The third kappa shape index (κ3) is 4.54. The Kier molecular flexibility index (Phi) is 5.96. The Balaban J connectivity index is 1.23. The van der Waals surface area contributed by atoms with Crippen LogP contribution in [0.1, 0.15) is 35.6 Å². The summed E-state index contributed by atoms with van der Waals surface area (Å²) in [6, 6.07) is 12.3. The van der Waals surface area contributed by atoms with Crippen LogP contribution in [-0.2, 0) is 13.2 Å². The van der Waals surface area contributed by atoms with Crippen LogP contribution in [0.5, 0.6) is 11.5 Å². The Hall–Kier alpha value is -3.29. The molecule has 0 saturated carbocycles. The predicted molar refractivity (Wildman–Crippen MR) is 143 cm³/mol. The third-order valence-corrected chi connectivity index (χ3v) is 8.34. The van der Waals surface area contributed by atoms with Gasteiger partial charge in [-0.15, -0.1) is 22.7 Å². The molecule has 4 heterocycles. The van der Waals surface area contributed by atoms with Crippen LogP contribution in [-0.4, -0.2) is 21.3 Å². The average molecular weight is 503 g/mol. The minimum Gasteiger partial charge on any atom is -0.513 e. The van der Waals surface area contributed by atoms with Crippen molar-refractivity contribution < 1.29 is 14.6 Å². The lowest BCUT2D eigenvalue weighted by molar-refractivity contribution is 0.299. The Morgan fingerprint density at radius 1 is 1.26 bits per heavy atom. The van der Waals surface area contributed by atoms with E-state index in [4.69, 9.17) is 14.5 Å². The van der Waals surface area contributed by atoms with Crippen molar-refractivity contribution in [3.05, 3.63) is 88.4 Å². The van der Waals surface area contributed by atoms with Gasteiger partial charge >= 0.3 is 0 Å². The van der Waals surface area contributed by atoms with Gasteiger partial charge in [-0.1, -0.05) is 36.9 Å². The summed E-state index contributed by atoms with van der Waals surface area (Å²) < 4.78 is 14.3. The molecule has 0 radical (unpaired) electrons. The fourth-order valence-electron chi connectivity index (χ4n) is 4.70. The summed E-state index contributed by atoms with van der Waals surface area (Å²) >= 11 is 3.47. The molecule has 1 atom stereocenters. The number of imidazole rings is 1. The quantitative estimate of drug-likeness (QED) is 0.252. The molecule has 1 aliphatic heterocycles. The summed E-state index contributed by atoms with van der Waals surface area (Å²) in [7, 11) is 0. The maximum absolute atomic E-state index is 9.54. The second-order valence-electron chi connectivity index (χ2n) is 8.93. The van der Waals surface area contributed by atoms with Gasteiger partial charge in [0.25, 0.3) is 0 Å². The molecule has 0 spiro atoms. The number of hydrogen-bond donors (Lipinski definition) is 1. The highest BCUT2D eigenvalue weighted by Crippen LogP contribution is 2.40. The highest BCUT2D eigenvalue weighted by Gasteiger charge is 2.25. The van der Waals surface area contributed by atoms with Gasteiger partial charge in [-0.05, 0) is 42.0 Å². The first-order valence-electron chi connectivity index (χ1n) is 11.8. The Bertz CT molecular complexity index is 1440. The predicted octanol–water partition coefficient (Wildman–Crippen LogP) is 7.62. The minimum absolute atomic E-state index is 0.146. The second kappa shape index (κ2) is 9.40. The van der Waals surface area contributed by atoms with Gasteiger partial charge in [0, 0.05) is 28.8 Å². The maximum atomic E-state index is 9.54. The van der Waals surface area contributed by atoms with Crippen LogP contribution in [0.3, 0.4) is 0 Å². The minimum atomic E-state index is 0.146. The summed E-state index contributed by atoms with van der Waals surface area (Å²) in [6.45, 7) is 5.47. The summed E-state index contributed by atoms with van der Waals surface area (Å²) in [6.07, 6.45) is 9.56. The number of benzene rings is 1. The molecule has 6 rings (SSSR count). The molecule has 35 heavy (non-hydrogen) atoms.